The minimum Gasteiger partial charge on any atom is -0.479 e. The zero-order valence-electron chi connectivity index (χ0n) is 13.9. The van der Waals surface area contributed by atoms with Crippen LogP contribution in [0.1, 0.15) is 24.2 Å². The fraction of sp³-hybridized carbons (Fsp3) is 0.167. The second-order valence-corrected chi connectivity index (χ2v) is 5.45. The number of anilines is 2. The molecular formula is C18H19N3O4. The third kappa shape index (κ3) is 3.84. The number of hydrogen-bond donors (Lipinski definition) is 2. The summed E-state index contributed by atoms with van der Waals surface area (Å²) in [5.41, 5.74) is 1.02. The number of carbonyl (C=O) groups is 3. The first-order chi connectivity index (χ1) is 11.8. The third-order valence-corrected chi connectivity index (χ3v) is 3.65. The number of Topliss-reactive ketones (excluding diaryl/α,β-unsaturated/α-hetero) is 2. The van der Waals surface area contributed by atoms with Crippen molar-refractivity contribution in [2.24, 2.45) is 5.84 Å². The zero-order chi connectivity index (χ0) is 18.6. The van der Waals surface area contributed by atoms with E-state index in [0.717, 1.165) is 10.1 Å². The maximum Gasteiger partial charge on any atom is 0.336 e. The Balaban J connectivity index is 2.62. The summed E-state index contributed by atoms with van der Waals surface area (Å²) < 4.78 is 0. The van der Waals surface area contributed by atoms with Gasteiger partial charge < -0.3 is 5.11 Å². The number of aliphatic carboxylic acids is 1. The SMILES string of the molecule is CC(=O)c1ccccc1N(N)N(c1ccccc1)[C@@H](C(C)=O)C(=O)O. The van der Waals surface area contributed by atoms with Crippen LogP contribution < -0.4 is 16.0 Å². The highest BCUT2D eigenvalue weighted by Crippen LogP contribution is 2.26. The maximum absolute atomic E-state index is 12.0. The molecule has 0 aromatic heterocycles. The van der Waals surface area contributed by atoms with Gasteiger partial charge in [-0.05, 0) is 38.1 Å². The summed E-state index contributed by atoms with van der Waals surface area (Å²) in [7, 11) is 0. The molecule has 25 heavy (non-hydrogen) atoms. The maximum atomic E-state index is 12.0. The molecule has 2 aromatic rings. The molecule has 130 valence electrons. The molecule has 7 nitrogen and oxygen atoms in total. The van der Waals surface area contributed by atoms with Gasteiger partial charge in [0.15, 0.2) is 11.6 Å². The Kier molecular flexibility index (Phi) is 5.51. The number of hydrazine groups is 2. The smallest absolute Gasteiger partial charge is 0.336 e. The molecule has 0 saturated heterocycles. The van der Waals surface area contributed by atoms with Crippen molar-refractivity contribution in [3.63, 3.8) is 0 Å². The van der Waals surface area contributed by atoms with Crippen LogP contribution in [-0.2, 0) is 9.59 Å². The molecule has 0 bridgehead atoms. The Morgan fingerprint density at radius 1 is 0.960 bits per heavy atom. The molecule has 0 spiro atoms. The van der Waals surface area contributed by atoms with Crippen molar-refractivity contribution in [1.82, 2.24) is 0 Å². The van der Waals surface area contributed by atoms with Gasteiger partial charge in [0.2, 0.25) is 6.04 Å². The standard InChI is InChI=1S/C18H19N3O4/c1-12(22)15-10-6-7-11-16(15)21(19)20(14-8-4-3-5-9-14)17(13(2)23)18(24)25/h3-11,17H,19H2,1-2H3,(H,24,25)/t17-/m0/s1. The number of carboxylic acid groups (broad SMARTS) is 1. The lowest BCUT2D eigenvalue weighted by Crippen LogP contribution is -2.59. The number of nitrogens with two attached hydrogens (primary N) is 1. The van der Waals surface area contributed by atoms with E-state index in [9.17, 15) is 19.5 Å². The van der Waals surface area contributed by atoms with Crippen LogP contribution in [0.25, 0.3) is 0 Å². The molecule has 0 aliphatic rings. The van der Waals surface area contributed by atoms with E-state index in [0.29, 0.717) is 16.9 Å². The summed E-state index contributed by atoms with van der Waals surface area (Å²) in [6.45, 7) is 2.57. The van der Waals surface area contributed by atoms with Gasteiger partial charge in [-0.2, -0.15) is 0 Å². The highest BCUT2D eigenvalue weighted by Gasteiger charge is 2.34. The van der Waals surface area contributed by atoms with E-state index in [2.05, 4.69) is 0 Å². The number of carbonyl (C=O) groups excluding carboxylic acids is 2. The van der Waals surface area contributed by atoms with Crippen LogP contribution in [0.5, 0.6) is 0 Å². The highest BCUT2D eigenvalue weighted by atomic mass is 16.4. The molecule has 0 heterocycles. The van der Waals surface area contributed by atoms with Gasteiger partial charge in [0.25, 0.3) is 0 Å². The Hall–Kier alpha value is -3.19. The highest BCUT2D eigenvalue weighted by molar-refractivity contribution is 6.05. The van der Waals surface area contributed by atoms with E-state index in [4.69, 9.17) is 5.84 Å². The predicted octanol–water partition coefficient (Wildman–Crippen LogP) is 2.03. The van der Waals surface area contributed by atoms with Crippen molar-refractivity contribution >= 4 is 28.9 Å². The molecule has 2 rings (SSSR count). The summed E-state index contributed by atoms with van der Waals surface area (Å²) >= 11 is 0. The molecule has 7 heteroatoms. The molecule has 1 atom stereocenters. The molecule has 2 aromatic carbocycles. The average Bonchev–Trinajstić information content (AvgIpc) is 2.59. The van der Waals surface area contributed by atoms with E-state index >= 15 is 0 Å². The van der Waals surface area contributed by atoms with Gasteiger partial charge >= 0.3 is 5.97 Å². The fourth-order valence-electron chi connectivity index (χ4n) is 2.52. The molecule has 0 aliphatic heterocycles. The number of para-hydroxylation sites is 2. The van der Waals surface area contributed by atoms with Crippen LogP contribution in [0.3, 0.4) is 0 Å². The van der Waals surface area contributed by atoms with Crippen molar-refractivity contribution in [2.45, 2.75) is 19.9 Å². The minimum absolute atomic E-state index is 0.228. The molecule has 0 aliphatic carbocycles. The Morgan fingerprint density at radius 3 is 2.04 bits per heavy atom. The summed E-state index contributed by atoms with van der Waals surface area (Å²) in [5.74, 6) is 4.02. The van der Waals surface area contributed by atoms with E-state index in [-0.39, 0.29) is 5.78 Å². The van der Waals surface area contributed by atoms with Crippen LogP contribution in [0.15, 0.2) is 54.6 Å². The normalized spacial score (nSPS) is 11.5. The van der Waals surface area contributed by atoms with Gasteiger partial charge in [-0.1, -0.05) is 30.3 Å². The number of rotatable bonds is 7. The fourth-order valence-corrected chi connectivity index (χ4v) is 2.52. The van der Waals surface area contributed by atoms with Crippen LogP contribution in [-0.4, -0.2) is 28.7 Å². The first kappa shape index (κ1) is 18.2. The molecule has 0 unspecified atom stereocenters. The third-order valence-electron chi connectivity index (χ3n) is 3.65. The lowest BCUT2D eigenvalue weighted by molar-refractivity contribution is -0.141. The molecule has 0 amide bonds. The van der Waals surface area contributed by atoms with Gasteiger partial charge in [0.1, 0.15) is 0 Å². The van der Waals surface area contributed by atoms with E-state index in [1.54, 1.807) is 54.6 Å². The van der Waals surface area contributed by atoms with Gasteiger partial charge in [0, 0.05) is 5.56 Å². The average molecular weight is 341 g/mol. The second kappa shape index (κ2) is 7.59. The number of hydrogen-bond acceptors (Lipinski definition) is 6. The predicted molar refractivity (Wildman–Crippen MR) is 94.1 cm³/mol. The molecule has 0 radical (unpaired) electrons. The quantitative estimate of drug-likeness (QED) is 0.344. The summed E-state index contributed by atoms with van der Waals surface area (Å²) in [6.07, 6.45) is 0. The lowest BCUT2D eigenvalue weighted by Gasteiger charge is -2.38. The lowest BCUT2D eigenvalue weighted by atomic mass is 10.1. The summed E-state index contributed by atoms with van der Waals surface area (Å²) in [4.78, 5) is 35.6. The largest absolute Gasteiger partial charge is 0.479 e. The van der Waals surface area contributed by atoms with Crippen molar-refractivity contribution in [2.75, 3.05) is 10.1 Å². The van der Waals surface area contributed by atoms with E-state index in [1.165, 1.54) is 13.8 Å². The van der Waals surface area contributed by atoms with Crippen molar-refractivity contribution < 1.29 is 19.5 Å². The van der Waals surface area contributed by atoms with Crippen molar-refractivity contribution in [3.05, 3.63) is 60.2 Å². The molecule has 0 fully saturated rings. The molecule has 3 N–H and O–H groups in total. The topological polar surface area (TPSA) is 104 Å². The van der Waals surface area contributed by atoms with Gasteiger partial charge in [-0.15, -0.1) is 0 Å². The number of carboxylic acids is 1. The van der Waals surface area contributed by atoms with Crippen LogP contribution >= 0.6 is 0 Å². The van der Waals surface area contributed by atoms with Gasteiger partial charge in [-0.25, -0.2) is 20.8 Å². The first-order valence-electron chi connectivity index (χ1n) is 7.56. The van der Waals surface area contributed by atoms with E-state index < -0.39 is 17.8 Å². The number of ketones is 2. The first-order valence-corrected chi connectivity index (χ1v) is 7.56. The second-order valence-electron chi connectivity index (χ2n) is 5.45. The zero-order valence-corrected chi connectivity index (χ0v) is 13.9. The summed E-state index contributed by atoms with van der Waals surface area (Å²) in [5, 5.41) is 11.7. The van der Waals surface area contributed by atoms with Crippen LogP contribution in [0.2, 0.25) is 0 Å². The minimum atomic E-state index is -1.53. The molecular weight excluding hydrogens is 322 g/mol. The number of nitrogens with zero attached hydrogens (tertiary/aromatic N) is 2. The van der Waals surface area contributed by atoms with Crippen molar-refractivity contribution in [3.8, 4) is 0 Å². The molecule has 0 saturated carbocycles. The monoisotopic (exact) mass is 341 g/mol. The van der Waals surface area contributed by atoms with E-state index in [1.807, 2.05) is 0 Å². The van der Waals surface area contributed by atoms with Crippen LogP contribution in [0, 0.1) is 0 Å². The Labute approximate surface area is 145 Å². The summed E-state index contributed by atoms with van der Waals surface area (Å²) in [6, 6.07) is 13.4. The van der Waals surface area contributed by atoms with Gasteiger partial charge in [-0.3, -0.25) is 9.59 Å². The number of benzene rings is 2. The Bertz CT molecular complexity index is 778. The van der Waals surface area contributed by atoms with Crippen LogP contribution in [0.4, 0.5) is 11.4 Å². The Morgan fingerprint density at radius 2 is 1.52 bits per heavy atom. The van der Waals surface area contributed by atoms with Crippen molar-refractivity contribution in [1.29, 1.82) is 0 Å². The van der Waals surface area contributed by atoms with Gasteiger partial charge in [0.05, 0.1) is 11.4 Å².